The summed E-state index contributed by atoms with van der Waals surface area (Å²) in [5.74, 6) is 1.32. The molecule has 2 aromatic carbocycles. The summed E-state index contributed by atoms with van der Waals surface area (Å²) in [5, 5.41) is 16.2. The molecule has 2 aromatic rings. The smallest absolute Gasteiger partial charge is 0.191 e. The van der Waals surface area contributed by atoms with Crippen molar-refractivity contribution in [3.8, 4) is 0 Å². The number of benzene rings is 2. The number of aliphatic imine (C=N–C) groups is 1. The van der Waals surface area contributed by atoms with E-state index >= 15 is 0 Å². The van der Waals surface area contributed by atoms with Crippen molar-refractivity contribution in [2.45, 2.75) is 45.6 Å². The fourth-order valence-corrected chi connectivity index (χ4v) is 3.99. The number of nitrogens with zero attached hydrogens (tertiary/aromatic N) is 2. The Kier molecular flexibility index (Phi) is 10.8. The van der Waals surface area contributed by atoms with Crippen molar-refractivity contribution in [1.82, 2.24) is 10.6 Å². The minimum atomic E-state index is 0. The Morgan fingerprint density at radius 1 is 1.03 bits per heavy atom. The topological polar surface area (TPSA) is 59.9 Å². The molecule has 32 heavy (non-hydrogen) atoms. The van der Waals surface area contributed by atoms with E-state index in [1.54, 1.807) is 0 Å². The first-order chi connectivity index (χ1) is 15.0. The molecule has 1 aliphatic rings. The largest absolute Gasteiger partial charge is 0.396 e. The van der Waals surface area contributed by atoms with Gasteiger partial charge in [0, 0.05) is 43.9 Å². The van der Waals surface area contributed by atoms with E-state index in [9.17, 15) is 5.11 Å². The molecule has 1 aliphatic heterocycles. The molecular formula is C26H39IN4O. The van der Waals surface area contributed by atoms with E-state index in [-0.39, 0.29) is 29.4 Å². The summed E-state index contributed by atoms with van der Waals surface area (Å²) in [6, 6.07) is 19.3. The van der Waals surface area contributed by atoms with E-state index < -0.39 is 0 Å². The fourth-order valence-electron chi connectivity index (χ4n) is 3.99. The van der Waals surface area contributed by atoms with E-state index in [2.05, 4.69) is 90.9 Å². The van der Waals surface area contributed by atoms with Gasteiger partial charge in [0.25, 0.3) is 0 Å². The third-order valence-corrected chi connectivity index (χ3v) is 6.19. The zero-order valence-electron chi connectivity index (χ0n) is 19.7. The second kappa shape index (κ2) is 13.0. The lowest BCUT2D eigenvalue weighted by Gasteiger charge is -2.32. The van der Waals surface area contributed by atoms with E-state index in [1.807, 2.05) is 0 Å². The zero-order chi connectivity index (χ0) is 22.1. The van der Waals surface area contributed by atoms with Gasteiger partial charge in [0.15, 0.2) is 5.96 Å². The maximum absolute atomic E-state index is 9.33. The fraction of sp³-hybridized carbons (Fsp3) is 0.500. The summed E-state index contributed by atoms with van der Waals surface area (Å²) in [6.45, 7) is 11.2. The predicted molar refractivity (Wildman–Crippen MR) is 146 cm³/mol. The lowest BCUT2D eigenvalue weighted by molar-refractivity contribution is 0.203. The van der Waals surface area contributed by atoms with Crippen LogP contribution in [0.3, 0.4) is 0 Å². The Balaban J connectivity index is 0.00000363. The Bertz CT molecular complexity index is 815. The Hall–Kier alpha value is -1.80. The average Bonchev–Trinajstić information content (AvgIpc) is 2.82. The van der Waals surface area contributed by atoms with E-state index in [0.29, 0.717) is 19.1 Å². The van der Waals surface area contributed by atoms with Crippen molar-refractivity contribution in [3.05, 3.63) is 65.7 Å². The average molecular weight is 551 g/mol. The lowest BCUT2D eigenvalue weighted by Crippen LogP contribution is -2.43. The lowest BCUT2D eigenvalue weighted by atomic mass is 9.85. The van der Waals surface area contributed by atoms with Crippen molar-refractivity contribution < 1.29 is 5.11 Å². The molecule has 0 saturated carbocycles. The van der Waals surface area contributed by atoms with Gasteiger partial charge in [-0.25, -0.2) is 4.99 Å². The number of piperidine rings is 1. The maximum Gasteiger partial charge on any atom is 0.191 e. The van der Waals surface area contributed by atoms with Crippen LogP contribution in [-0.4, -0.2) is 43.9 Å². The monoisotopic (exact) mass is 550 g/mol. The highest BCUT2D eigenvalue weighted by molar-refractivity contribution is 14.0. The Morgan fingerprint density at radius 3 is 2.28 bits per heavy atom. The molecule has 0 atom stereocenters. The summed E-state index contributed by atoms with van der Waals surface area (Å²) in [5.41, 5.74) is 3.80. The third-order valence-electron chi connectivity index (χ3n) is 6.19. The van der Waals surface area contributed by atoms with Gasteiger partial charge in [-0.05, 0) is 48.9 Å². The SMILES string of the molecule is CCNC(=NCc1ccc(N2CCC(CO)CC2)cc1)NCC(C)(C)c1ccccc1.I. The van der Waals surface area contributed by atoms with Gasteiger partial charge in [-0.3, -0.25) is 0 Å². The molecule has 0 aromatic heterocycles. The first-order valence-corrected chi connectivity index (χ1v) is 11.5. The van der Waals surface area contributed by atoms with Crippen LogP contribution in [0.1, 0.15) is 44.7 Å². The molecule has 1 heterocycles. The minimum absolute atomic E-state index is 0. The number of nitrogens with one attached hydrogen (secondary N) is 2. The summed E-state index contributed by atoms with van der Waals surface area (Å²) >= 11 is 0. The standard InChI is InChI=1S/C26H38N4O.HI/c1-4-27-25(29-20-26(2,3)23-8-6-5-7-9-23)28-18-21-10-12-24(13-11-21)30-16-14-22(19-31)15-17-30;/h5-13,22,31H,4,14-20H2,1-3H3,(H2,27,28,29);1H. The molecule has 3 rings (SSSR count). The van der Waals surface area contributed by atoms with Crippen molar-refractivity contribution in [2.24, 2.45) is 10.9 Å². The second-order valence-corrected chi connectivity index (χ2v) is 9.08. The van der Waals surface area contributed by atoms with Gasteiger partial charge in [0.2, 0.25) is 0 Å². The quantitative estimate of drug-likeness (QED) is 0.257. The van der Waals surface area contributed by atoms with Gasteiger partial charge >= 0.3 is 0 Å². The second-order valence-electron chi connectivity index (χ2n) is 9.08. The van der Waals surface area contributed by atoms with Crippen LogP contribution in [0.25, 0.3) is 0 Å². The molecule has 6 heteroatoms. The maximum atomic E-state index is 9.33. The molecule has 0 radical (unpaired) electrons. The van der Waals surface area contributed by atoms with Crippen LogP contribution in [0.4, 0.5) is 5.69 Å². The molecule has 0 spiro atoms. The first-order valence-electron chi connectivity index (χ1n) is 11.5. The number of anilines is 1. The molecule has 0 bridgehead atoms. The summed E-state index contributed by atoms with van der Waals surface area (Å²) in [7, 11) is 0. The van der Waals surface area contributed by atoms with Crippen LogP contribution in [0.5, 0.6) is 0 Å². The van der Waals surface area contributed by atoms with Crippen molar-refractivity contribution in [2.75, 3.05) is 37.7 Å². The third kappa shape index (κ3) is 7.66. The molecule has 3 N–H and O–H groups in total. The highest BCUT2D eigenvalue weighted by Gasteiger charge is 2.21. The van der Waals surface area contributed by atoms with E-state index in [4.69, 9.17) is 4.99 Å². The summed E-state index contributed by atoms with van der Waals surface area (Å²) in [4.78, 5) is 7.21. The van der Waals surface area contributed by atoms with E-state index in [1.165, 1.54) is 16.8 Å². The number of halogens is 1. The number of aliphatic hydroxyl groups excluding tert-OH is 1. The Labute approximate surface area is 210 Å². The number of hydrogen-bond donors (Lipinski definition) is 3. The van der Waals surface area contributed by atoms with E-state index in [0.717, 1.165) is 45.0 Å². The number of aliphatic hydroxyl groups is 1. The number of guanidine groups is 1. The van der Waals surface area contributed by atoms with Gasteiger partial charge in [0.05, 0.1) is 6.54 Å². The predicted octanol–water partition coefficient (Wildman–Crippen LogP) is 4.55. The molecule has 176 valence electrons. The van der Waals surface area contributed by atoms with Gasteiger partial charge in [-0.2, -0.15) is 0 Å². The molecule has 0 amide bonds. The zero-order valence-corrected chi connectivity index (χ0v) is 22.0. The summed E-state index contributed by atoms with van der Waals surface area (Å²) in [6.07, 6.45) is 2.14. The van der Waals surface area contributed by atoms with Crippen LogP contribution >= 0.6 is 24.0 Å². The van der Waals surface area contributed by atoms with Gasteiger partial charge in [-0.1, -0.05) is 56.3 Å². The van der Waals surface area contributed by atoms with Crippen molar-refractivity contribution >= 4 is 35.6 Å². The molecule has 1 saturated heterocycles. The molecule has 0 unspecified atom stereocenters. The molecule has 1 fully saturated rings. The van der Waals surface area contributed by atoms with Gasteiger partial charge < -0.3 is 20.6 Å². The molecule has 5 nitrogen and oxygen atoms in total. The van der Waals surface area contributed by atoms with Crippen LogP contribution in [0, 0.1) is 5.92 Å². The molecular weight excluding hydrogens is 511 g/mol. The highest BCUT2D eigenvalue weighted by Crippen LogP contribution is 2.24. The van der Waals surface area contributed by atoms with Crippen LogP contribution in [0.2, 0.25) is 0 Å². The minimum Gasteiger partial charge on any atom is -0.396 e. The van der Waals surface area contributed by atoms with Crippen molar-refractivity contribution in [3.63, 3.8) is 0 Å². The summed E-state index contributed by atoms with van der Waals surface area (Å²) < 4.78 is 0. The number of rotatable bonds is 8. The first kappa shape index (κ1) is 26.5. The number of hydrogen-bond acceptors (Lipinski definition) is 3. The van der Waals surface area contributed by atoms with Crippen LogP contribution < -0.4 is 15.5 Å². The van der Waals surface area contributed by atoms with Crippen molar-refractivity contribution in [1.29, 1.82) is 0 Å². The van der Waals surface area contributed by atoms with Crippen LogP contribution in [-0.2, 0) is 12.0 Å². The molecule has 0 aliphatic carbocycles. The van der Waals surface area contributed by atoms with Gasteiger partial charge in [-0.15, -0.1) is 24.0 Å². The Morgan fingerprint density at radius 2 is 1.69 bits per heavy atom. The van der Waals surface area contributed by atoms with Crippen LogP contribution in [0.15, 0.2) is 59.6 Å². The van der Waals surface area contributed by atoms with Gasteiger partial charge in [0.1, 0.15) is 0 Å². The normalized spacial score (nSPS) is 15.2. The highest BCUT2D eigenvalue weighted by atomic mass is 127.